The van der Waals surface area contributed by atoms with Gasteiger partial charge >= 0.3 is 0 Å². The zero-order valence-electron chi connectivity index (χ0n) is 34.4. The van der Waals surface area contributed by atoms with Crippen molar-refractivity contribution in [1.29, 1.82) is 0 Å². The van der Waals surface area contributed by atoms with Gasteiger partial charge in [0.2, 0.25) is 0 Å². The van der Waals surface area contributed by atoms with Gasteiger partial charge in [0.1, 0.15) is 11.2 Å². The van der Waals surface area contributed by atoms with Gasteiger partial charge in [0, 0.05) is 44.0 Å². The minimum Gasteiger partial charge on any atom is -0.456 e. The molecular formula is C60H40N2O. The summed E-state index contributed by atoms with van der Waals surface area (Å²) in [6.45, 7) is 0. The summed E-state index contributed by atoms with van der Waals surface area (Å²) in [5, 5.41) is 4.72. The SMILES string of the molecule is c1ccc(-c2ccc(-c3ccccc3N(c3ccc(-c4ccc(-c5ccccc5-n5c6ccccc6c6ccccc65)cc4)cc3)c3ccc4oc5ccccc5c4c3)cc2)cc1. The first kappa shape index (κ1) is 36.5. The van der Waals surface area contributed by atoms with E-state index in [-0.39, 0.29) is 0 Å². The summed E-state index contributed by atoms with van der Waals surface area (Å²) in [6.07, 6.45) is 0. The van der Waals surface area contributed by atoms with Crippen LogP contribution in [0.25, 0.3) is 93.9 Å². The third-order valence-electron chi connectivity index (χ3n) is 12.4. The van der Waals surface area contributed by atoms with Crippen molar-refractivity contribution in [3.8, 4) is 50.2 Å². The van der Waals surface area contributed by atoms with Crippen LogP contribution in [0.4, 0.5) is 17.1 Å². The molecule has 0 radical (unpaired) electrons. The smallest absolute Gasteiger partial charge is 0.135 e. The molecule has 0 aliphatic rings. The maximum Gasteiger partial charge on any atom is 0.135 e. The highest BCUT2D eigenvalue weighted by Crippen LogP contribution is 2.44. The molecule has 0 bridgehead atoms. The number of nitrogens with zero attached hydrogens (tertiary/aromatic N) is 2. The van der Waals surface area contributed by atoms with E-state index in [0.29, 0.717) is 0 Å². The van der Waals surface area contributed by atoms with Crippen LogP contribution in [0.3, 0.4) is 0 Å². The Morgan fingerprint density at radius 3 is 1.44 bits per heavy atom. The van der Waals surface area contributed by atoms with E-state index < -0.39 is 0 Å². The van der Waals surface area contributed by atoms with E-state index in [1.54, 1.807) is 0 Å². The third kappa shape index (κ3) is 6.38. The van der Waals surface area contributed by atoms with Gasteiger partial charge < -0.3 is 13.9 Å². The molecule has 2 heterocycles. The molecule has 0 amide bonds. The van der Waals surface area contributed by atoms with Gasteiger partial charge in [0.25, 0.3) is 0 Å². The second-order valence-corrected chi connectivity index (χ2v) is 16.1. The van der Waals surface area contributed by atoms with Crippen LogP contribution < -0.4 is 4.90 Å². The lowest BCUT2D eigenvalue weighted by Gasteiger charge is -2.28. The van der Waals surface area contributed by atoms with Gasteiger partial charge in [0.15, 0.2) is 0 Å². The largest absolute Gasteiger partial charge is 0.456 e. The van der Waals surface area contributed by atoms with Gasteiger partial charge in [-0.1, -0.05) is 182 Å². The first-order valence-electron chi connectivity index (χ1n) is 21.5. The Hall–Kier alpha value is -8.40. The lowest BCUT2D eigenvalue weighted by atomic mass is 9.97. The molecule has 0 saturated heterocycles. The minimum absolute atomic E-state index is 0.876. The second kappa shape index (κ2) is 15.3. The molecule has 0 aliphatic heterocycles. The Labute approximate surface area is 366 Å². The van der Waals surface area contributed by atoms with E-state index in [1.165, 1.54) is 49.7 Å². The minimum atomic E-state index is 0.876. The predicted octanol–water partition coefficient (Wildman–Crippen LogP) is 16.8. The molecule has 3 heteroatoms. The van der Waals surface area contributed by atoms with Gasteiger partial charge in [-0.2, -0.15) is 0 Å². The standard InChI is InChI=1S/C60H40N2O/c1-2-14-41(15-3-1)42-26-30-45(31-27-42)49-16-4-9-21-55(49)61(48-38-39-60-54(40-48)53-20-8-13-25-59(53)63-60)47-36-34-44(35-37-47)43-28-32-46(33-29-43)50-17-5-10-22-56(50)62-57-23-11-6-18-51(57)52-19-7-12-24-58(52)62/h1-40H. The Balaban J connectivity index is 0.924. The summed E-state index contributed by atoms with van der Waals surface area (Å²) in [7, 11) is 0. The number of hydrogen-bond acceptors (Lipinski definition) is 2. The first-order chi connectivity index (χ1) is 31.2. The summed E-state index contributed by atoms with van der Waals surface area (Å²) in [5.41, 5.74) is 18.0. The topological polar surface area (TPSA) is 21.3 Å². The number of benzene rings is 10. The average molecular weight is 805 g/mol. The molecule has 0 spiro atoms. The lowest BCUT2D eigenvalue weighted by molar-refractivity contribution is 0.669. The monoisotopic (exact) mass is 804 g/mol. The number of anilines is 3. The molecule has 0 saturated carbocycles. The fourth-order valence-electron chi connectivity index (χ4n) is 9.41. The summed E-state index contributed by atoms with van der Waals surface area (Å²) in [5.74, 6) is 0. The van der Waals surface area contributed by atoms with Gasteiger partial charge in [-0.25, -0.2) is 0 Å². The fraction of sp³-hybridized carbons (Fsp3) is 0. The Kier molecular flexibility index (Phi) is 8.83. The van der Waals surface area contributed by atoms with Crippen molar-refractivity contribution in [1.82, 2.24) is 4.57 Å². The van der Waals surface area contributed by atoms with E-state index in [4.69, 9.17) is 4.42 Å². The molecule has 0 N–H and O–H groups in total. The Morgan fingerprint density at radius 2 is 0.762 bits per heavy atom. The van der Waals surface area contributed by atoms with Crippen LogP contribution in [-0.4, -0.2) is 4.57 Å². The van der Waals surface area contributed by atoms with Gasteiger partial charge in [-0.15, -0.1) is 0 Å². The molecular weight excluding hydrogens is 765 g/mol. The van der Waals surface area contributed by atoms with Crippen molar-refractivity contribution in [3.63, 3.8) is 0 Å². The molecule has 2 aromatic heterocycles. The van der Waals surface area contributed by atoms with Crippen molar-refractivity contribution >= 4 is 60.8 Å². The van der Waals surface area contributed by atoms with Gasteiger partial charge in [-0.05, 0) is 94.0 Å². The maximum atomic E-state index is 6.28. The quantitative estimate of drug-likeness (QED) is 0.153. The highest BCUT2D eigenvalue weighted by Gasteiger charge is 2.20. The molecule has 0 aliphatic carbocycles. The normalized spacial score (nSPS) is 11.5. The molecule has 12 aromatic rings. The number of furan rings is 1. The Bertz CT molecular complexity index is 3550. The number of hydrogen-bond donors (Lipinski definition) is 0. The average Bonchev–Trinajstić information content (AvgIpc) is 3.90. The highest BCUT2D eigenvalue weighted by molar-refractivity contribution is 6.10. The predicted molar refractivity (Wildman–Crippen MR) is 264 cm³/mol. The third-order valence-corrected chi connectivity index (χ3v) is 12.4. The van der Waals surface area contributed by atoms with Gasteiger partial charge in [0.05, 0.1) is 22.4 Å². The fourth-order valence-corrected chi connectivity index (χ4v) is 9.41. The zero-order valence-corrected chi connectivity index (χ0v) is 34.4. The van der Waals surface area contributed by atoms with E-state index in [2.05, 4.69) is 240 Å². The molecule has 63 heavy (non-hydrogen) atoms. The number of aromatic nitrogens is 1. The van der Waals surface area contributed by atoms with E-state index in [0.717, 1.165) is 61.3 Å². The number of para-hydroxylation sites is 5. The van der Waals surface area contributed by atoms with E-state index in [9.17, 15) is 0 Å². The molecule has 12 rings (SSSR count). The summed E-state index contributed by atoms with van der Waals surface area (Å²) >= 11 is 0. The van der Waals surface area contributed by atoms with Crippen LogP contribution >= 0.6 is 0 Å². The zero-order chi connectivity index (χ0) is 41.7. The molecule has 3 nitrogen and oxygen atoms in total. The molecule has 296 valence electrons. The van der Waals surface area contributed by atoms with E-state index in [1.807, 2.05) is 12.1 Å². The van der Waals surface area contributed by atoms with Crippen molar-refractivity contribution in [3.05, 3.63) is 243 Å². The lowest BCUT2D eigenvalue weighted by Crippen LogP contribution is -2.11. The molecule has 0 atom stereocenters. The maximum absolute atomic E-state index is 6.28. The van der Waals surface area contributed by atoms with Crippen molar-refractivity contribution in [2.45, 2.75) is 0 Å². The van der Waals surface area contributed by atoms with Crippen molar-refractivity contribution in [2.75, 3.05) is 4.90 Å². The van der Waals surface area contributed by atoms with Crippen molar-refractivity contribution < 1.29 is 4.42 Å². The highest BCUT2D eigenvalue weighted by atomic mass is 16.3. The van der Waals surface area contributed by atoms with Crippen LogP contribution in [0.15, 0.2) is 247 Å². The van der Waals surface area contributed by atoms with Gasteiger partial charge in [-0.3, -0.25) is 0 Å². The summed E-state index contributed by atoms with van der Waals surface area (Å²) in [6, 6.07) is 87.1. The second-order valence-electron chi connectivity index (χ2n) is 16.1. The van der Waals surface area contributed by atoms with Crippen LogP contribution in [0.1, 0.15) is 0 Å². The number of fused-ring (bicyclic) bond motifs is 6. The number of rotatable bonds is 8. The first-order valence-corrected chi connectivity index (χ1v) is 21.5. The molecule has 0 fully saturated rings. The van der Waals surface area contributed by atoms with Crippen LogP contribution in [0.5, 0.6) is 0 Å². The molecule has 0 unspecified atom stereocenters. The molecule has 10 aromatic carbocycles. The Morgan fingerprint density at radius 1 is 0.302 bits per heavy atom. The van der Waals surface area contributed by atoms with Crippen LogP contribution in [0.2, 0.25) is 0 Å². The van der Waals surface area contributed by atoms with Crippen molar-refractivity contribution in [2.24, 2.45) is 0 Å². The summed E-state index contributed by atoms with van der Waals surface area (Å²) in [4.78, 5) is 2.38. The summed E-state index contributed by atoms with van der Waals surface area (Å²) < 4.78 is 8.69. The van der Waals surface area contributed by atoms with Crippen LogP contribution in [0, 0.1) is 0 Å². The van der Waals surface area contributed by atoms with Crippen LogP contribution in [-0.2, 0) is 0 Å². The van der Waals surface area contributed by atoms with E-state index >= 15 is 0 Å².